The summed E-state index contributed by atoms with van der Waals surface area (Å²) in [6.07, 6.45) is 7.15. The lowest BCUT2D eigenvalue weighted by molar-refractivity contribution is -0.134. The van der Waals surface area contributed by atoms with Crippen molar-refractivity contribution >= 4 is 5.91 Å². The van der Waals surface area contributed by atoms with E-state index in [9.17, 15) is 4.79 Å². The molecule has 94 valence electrons. The van der Waals surface area contributed by atoms with E-state index in [1.165, 1.54) is 0 Å². The van der Waals surface area contributed by atoms with Crippen LogP contribution in [0.15, 0.2) is 0 Å². The molecule has 2 N–H and O–H groups in total. The lowest BCUT2D eigenvalue weighted by Crippen LogP contribution is -2.44. The maximum atomic E-state index is 12.0. The van der Waals surface area contributed by atoms with Gasteiger partial charge in [-0.3, -0.25) is 4.79 Å². The molecule has 0 aromatic heterocycles. The van der Waals surface area contributed by atoms with Crippen LogP contribution in [0.4, 0.5) is 0 Å². The number of amides is 1. The van der Waals surface area contributed by atoms with Gasteiger partial charge in [0.1, 0.15) is 0 Å². The van der Waals surface area contributed by atoms with Crippen molar-refractivity contribution in [1.82, 2.24) is 4.90 Å². The fraction of sp³-hybridized carbons (Fsp3) is 0.923. The summed E-state index contributed by atoms with van der Waals surface area (Å²) in [6, 6.07) is 0.815. The number of nitrogens with two attached hydrogens (primary N) is 1. The van der Waals surface area contributed by atoms with Gasteiger partial charge in [-0.05, 0) is 39.0 Å². The Hall–Kier alpha value is -0.570. The lowest BCUT2D eigenvalue weighted by atomic mass is 9.90. The summed E-state index contributed by atoms with van der Waals surface area (Å²) in [5.74, 6) is 0.338. The third-order valence-electron chi connectivity index (χ3n) is 3.59. The maximum Gasteiger partial charge on any atom is 0.222 e. The van der Waals surface area contributed by atoms with E-state index in [1.54, 1.807) is 0 Å². The number of nitrogens with zero attached hydrogens (tertiary/aromatic N) is 1. The molecular formula is C13H26N2O. The summed E-state index contributed by atoms with van der Waals surface area (Å²) < 4.78 is 0. The molecule has 16 heavy (non-hydrogen) atoms. The average molecular weight is 226 g/mol. The molecule has 1 aliphatic carbocycles. The van der Waals surface area contributed by atoms with E-state index >= 15 is 0 Å². The maximum absolute atomic E-state index is 12.0. The third-order valence-corrected chi connectivity index (χ3v) is 3.59. The highest BCUT2D eigenvalue weighted by Crippen LogP contribution is 2.22. The minimum atomic E-state index is 0.338. The van der Waals surface area contributed by atoms with Crippen LogP contribution in [0.2, 0.25) is 0 Å². The fourth-order valence-electron chi connectivity index (χ4n) is 2.52. The topological polar surface area (TPSA) is 46.3 Å². The zero-order valence-corrected chi connectivity index (χ0v) is 10.7. The van der Waals surface area contributed by atoms with Gasteiger partial charge in [-0.1, -0.05) is 13.3 Å². The van der Waals surface area contributed by atoms with Gasteiger partial charge in [-0.15, -0.1) is 0 Å². The Morgan fingerprint density at radius 2 is 1.88 bits per heavy atom. The summed E-state index contributed by atoms with van der Waals surface area (Å²) in [6.45, 7) is 5.06. The number of unbranched alkanes of at least 4 members (excludes halogenated alkanes) is 1. The Morgan fingerprint density at radius 3 is 2.38 bits per heavy atom. The molecular weight excluding hydrogens is 200 g/mol. The van der Waals surface area contributed by atoms with Gasteiger partial charge in [-0.2, -0.15) is 0 Å². The molecule has 0 saturated heterocycles. The van der Waals surface area contributed by atoms with E-state index < -0.39 is 0 Å². The summed E-state index contributed by atoms with van der Waals surface area (Å²) >= 11 is 0. The predicted molar refractivity (Wildman–Crippen MR) is 67.1 cm³/mol. The van der Waals surface area contributed by atoms with Crippen LogP contribution in [0.25, 0.3) is 0 Å². The molecule has 1 amide bonds. The van der Waals surface area contributed by atoms with Gasteiger partial charge < -0.3 is 10.6 Å². The Balaban J connectivity index is 2.43. The fourth-order valence-corrected chi connectivity index (χ4v) is 2.52. The molecule has 0 heterocycles. The van der Waals surface area contributed by atoms with E-state index in [4.69, 9.17) is 5.73 Å². The molecule has 1 saturated carbocycles. The first-order chi connectivity index (χ1) is 7.69. The van der Waals surface area contributed by atoms with Gasteiger partial charge in [0.25, 0.3) is 0 Å². The van der Waals surface area contributed by atoms with Crippen molar-refractivity contribution in [2.75, 3.05) is 6.54 Å². The van der Waals surface area contributed by atoms with E-state index in [0.29, 0.717) is 24.4 Å². The molecule has 0 aromatic rings. The van der Waals surface area contributed by atoms with Gasteiger partial charge in [0.2, 0.25) is 5.91 Å². The highest BCUT2D eigenvalue weighted by atomic mass is 16.2. The number of hydrogen-bond donors (Lipinski definition) is 1. The Labute approximate surface area is 99.4 Å². The number of carbonyl (C=O) groups is 1. The monoisotopic (exact) mass is 226 g/mol. The Bertz CT molecular complexity index is 210. The second-order valence-corrected chi connectivity index (χ2v) is 4.85. The van der Waals surface area contributed by atoms with E-state index in [2.05, 4.69) is 18.7 Å². The number of carbonyl (C=O) groups excluding carboxylic acids is 1. The van der Waals surface area contributed by atoms with Crippen LogP contribution < -0.4 is 5.73 Å². The lowest BCUT2D eigenvalue weighted by Gasteiger charge is -2.35. The summed E-state index contributed by atoms with van der Waals surface area (Å²) in [5.41, 5.74) is 5.89. The second kappa shape index (κ2) is 6.89. The smallest absolute Gasteiger partial charge is 0.222 e. The van der Waals surface area contributed by atoms with E-state index in [-0.39, 0.29) is 0 Å². The molecule has 1 fully saturated rings. The molecule has 0 bridgehead atoms. The molecule has 3 heteroatoms. The highest BCUT2D eigenvalue weighted by Gasteiger charge is 2.25. The van der Waals surface area contributed by atoms with Crippen molar-refractivity contribution < 1.29 is 4.79 Å². The molecule has 1 aliphatic rings. The first kappa shape index (κ1) is 13.5. The normalized spacial score (nSPS) is 25.4. The van der Waals surface area contributed by atoms with Gasteiger partial charge in [-0.25, -0.2) is 0 Å². The van der Waals surface area contributed by atoms with Crippen LogP contribution in [-0.4, -0.2) is 29.4 Å². The quantitative estimate of drug-likeness (QED) is 0.782. The second-order valence-electron chi connectivity index (χ2n) is 4.85. The van der Waals surface area contributed by atoms with E-state index in [1.807, 2.05) is 0 Å². The Kier molecular flexibility index (Phi) is 5.81. The average Bonchev–Trinajstić information content (AvgIpc) is 2.30. The summed E-state index contributed by atoms with van der Waals surface area (Å²) in [7, 11) is 0. The number of hydrogen-bond acceptors (Lipinski definition) is 2. The molecule has 1 rings (SSSR count). The van der Waals surface area contributed by atoms with Crippen molar-refractivity contribution in [3.05, 3.63) is 0 Å². The molecule has 0 atom stereocenters. The van der Waals surface area contributed by atoms with Gasteiger partial charge in [0, 0.05) is 25.0 Å². The number of rotatable bonds is 5. The van der Waals surface area contributed by atoms with Crippen LogP contribution >= 0.6 is 0 Å². The Morgan fingerprint density at radius 1 is 1.25 bits per heavy atom. The van der Waals surface area contributed by atoms with Crippen molar-refractivity contribution in [1.29, 1.82) is 0 Å². The predicted octanol–water partition coefficient (Wildman–Crippen LogP) is 2.29. The molecule has 0 unspecified atom stereocenters. The van der Waals surface area contributed by atoms with Gasteiger partial charge >= 0.3 is 0 Å². The standard InChI is InChI=1S/C13H26N2O/c1-3-5-6-13(16)15(4-2)12-9-7-11(14)8-10-12/h11-12H,3-10,14H2,1-2H3. The largest absolute Gasteiger partial charge is 0.340 e. The molecule has 3 nitrogen and oxygen atoms in total. The van der Waals surface area contributed by atoms with Crippen LogP contribution in [-0.2, 0) is 4.79 Å². The minimum Gasteiger partial charge on any atom is -0.340 e. The van der Waals surface area contributed by atoms with Crippen LogP contribution in [0.5, 0.6) is 0 Å². The minimum absolute atomic E-state index is 0.338. The van der Waals surface area contributed by atoms with Gasteiger partial charge in [0.15, 0.2) is 0 Å². The van der Waals surface area contributed by atoms with Crippen LogP contribution in [0.1, 0.15) is 58.8 Å². The van der Waals surface area contributed by atoms with Crippen molar-refractivity contribution in [2.45, 2.75) is 70.9 Å². The van der Waals surface area contributed by atoms with Crippen molar-refractivity contribution in [3.8, 4) is 0 Å². The first-order valence-electron chi connectivity index (χ1n) is 6.74. The van der Waals surface area contributed by atoms with Gasteiger partial charge in [0.05, 0.1) is 0 Å². The molecule has 0 spiro atoms. The molecule has 0 aromatic carbocycles. The summed E-state index contributed by atoms with van der Waals surface area (Å²) in [4.78, 5) is 14.1. The van der Waals surface area contributed by atoms with Crippen LogP contribution in [0, 0.1) is 0 Å². The van der Waals surface area contributed by atoms with E-state index in [0.717, 1.165) is 45.1 Å². The first-order valence-corrected chi connectivity index (χ1v) is 6.74. The van der Waals surface area contributed by atoms with Crippen molar-refractivity contribution in [2.24, 2.45) is 5.73 Å². The molecule has 0 aliphatic heterocycles. The SMILES string of the molecule is CCCCC(=O)N(CC)C1CCC(N)CC1. The highest BCUT2D eigenvalue weighted by molar-refractivity contribution is 5.76. The molecule has 0 radical (unpaired) electrons. The zero-order valence-electron chi connectivity index (χ0n) is 10.7. The zero-order chi connectivity index (χ0) is 12.0. The summed E-state index contributed by atoms with van der Waals surface area (Å²) in [5, 5.41) is 0. The van der Waals surface area contributed by atoms with Crippen LogP contribution in [0.3, 0.4) is 0 Å². The van der Waals surface area contributed by atoms with Crippen molar-refractivity contribution in [3.63, 3.8) is 0 Å². The third kappa shape index (κ3) is 3.78.